The van der Waals surface area contributed by atoms with Crippen LogP contribution in [0.2, 0.25) is 0 Å². The van der Waals surface area contributed by atoms with Crippen LogP contribution in [0.3, 0.4) is 0 Å². The van der Waals surface area contributed by atoms with E-state index in [0.29, 0.717) is 11.8 Å². The molecule has 0 nitrogen and oxygen atoms in total. The predicted octanol–water partition coefficient (Wildman–Crippen LogP) is 6.82. The third-order valence-electron chi connectivity index (χ3n) is 4.57. The molecule has 0 aromatic heterocycles. The molecule has 2 unspecified atom stereocenters. The highest BCUT2D eigenvalue weighted by Gasteiger charge is 2.27. The summed E-state index contributed by atoms with van der Waals surface area (Å²) in [6.45, 7) is 16.7. The molecule has 2 atom stereocenters. The van der Waals surface area contributed by atoms with E-state index in [-0.39, 0.29) is 5.82 Å². The van der Waals surface area contributed by atoms with Crippen LogP contribution in [-0.2, 0) is 6.42 Å². The summed E-state index contributed by atoms with van der Waals surface area (Å²) in [6.07, 6.45) is 5.12. The van der Waals surface area contributed by atoms with Crippen molar-refractivity contribution in [1.29, 1.82) is 0 Å². The summed E-state index contributed by atoms with van der Waals surface area (Å²) in [6, 6.07) is 5.27. The lowest BCUT2D eigenvalue weighted by atomic mass is 9.73. The molecule has 2 rings (SSSR count). The highest BCUT2D eigenvalue weighted by molar-refractivity contribution is 5.35. The smallest absolute Gasteiger partial charge is 0.123 e. The maximum atomic E-state index is 13.6. The van der Waals surface area contributed by atoms with Gasteiger partial charge in [0.25, 0.3) is 0 Å². The number of aryl methyl sites for hydroxylation is 1. The number of benzene rings is 1. The third-order valence-corrected chi connectivity index (χ3v) is 4.57. The standard InChI is InChI=1S/C19H25F.C2H6/c1-5-13(2)10-14(3)11-18-15(4)6-7-16-8-9-17(20)12-19(16)18;1-2/h8-9,12,15,18H,2-3,5-7,10-11H2,1,4H3;1-2H3. The van der Waals surface area contributed by atoms with E-state index < -0.39 is 0 Å². The van der Waals surface area contributed by atoms with Crippen molar-refractivity contribution >= 4 is 0 Å². The fourth-order valence-corrected chi connectivity index (χ4v) is 3.20. The van der Waals surface area contributed by atoms with Crippen LogP contribution >= 0.6 is 0 Å². The highest BCUT2D eigenvalue weighted by atomic mass is 19.1. The van der Waals surface area contributed by atoms with Crippen molar-refractivity contribution in [3.63, 3.8) is 0 Å². The lowest BCUT2D eigenvalue weighted by Gasteiger charge is -2.32. The van der Waals surface area contributed by atoms with Crippen LogP contribution in [0.4, 0.5) is 4.39 Å². The molecule has 1 aliphatic carbocycles. The van der Waals surface area contributed by atoms with Crippen molar-refractivity contribution in [3.8, 4) is 0 Å². The Morgan fingerprint density at radius 2 is 1.91 bits per heavy atom. The van der Waals surface area contributed by atoms with Gasteiger partial charge in [0.15, 0.2) is 0 Å². The molecule has 1 aromatic carbocycles. The van der Waals surface area contributed by atoms with E-state index in [0.717, 1.165) is 25.7 Å². The van der Waals surface area contributed by atoms with Gasteiger partial charge in [0.05, 0.1) is 0 Å². The molecular weight excluding hydrogens is 271 g/mol. The molecule has 0 saturated heterocycles. The highest BCUT2D eigenvalue weighted by Crippen LogP contribution is 2.40. The Morgan fingerprint density at radius 3 is 2.55 bits per heavy atom. The normalized spacial score (nSPS) is 19.7. The number of rotatable bonds is 5. The number of allylic oxidation sites excluding steroid dienone is 2. The van der Waals surface area contributed by atoms with Crippen molar-refractivity contribution < 1.29 is 4.39 Å². The Hall–Kier alpha value is -1.37. The number of halogens is 1. The largest absolute Gasteiger partial charge is 0.207 e. The van der Waals surface area contributed by atoms with Gasteiger partial charge in [-0.25, -0.2) is 4.39 Å². The van der Waals surface area contributed by atoms with E-state index in [1.165, 1.54) is 28.7 Å². The van der Waals surface area contributed by atoms with E-state index in [2.05, 4.69) is 27.0 Å². The average molecular weight is 302 g/mol. The molecule has 0 saturated carbocycles. The molecule has 1 aromatic rings. The van der Waals surface area contributed by atoms with E-state index in [4.69, 9.17) is 0 Å². The van der Waals surface area contributed by atoms with Gasteiger partial charge in [-0.2, -0.15) is 0 Å². The first-order valence-corrected chi connectivity index (χ1v) is 8.62. The maximum absolute atomic E-state index is 13.6. The van der Waals surface area contributed by atoms with Crippen LogP contribution in [0.25, 0.3) is 0 Å². The first-order valence-electron chi connectivity index (χ1n) is 8.62. The van der Waals surface area contributed by atoms with E-state index >= 15 is 0 Å². The van der Waals surface area contributed by atoms with Crippen LogP contribution in [0.5, 0.6) is 0 Å². The second kappa shape index (κ2) is 8.92. The van der Waals surface area contributed by atoms with Crippen molar-refractivity contribution in [2.45, 2.75) is 65.7 Å². The Morgan fingerprint density at radius 1 is 1.23 bits per heavy atom. The van der Waals surface area contributed by atoms with Crippen LogP contribution < -0.4 is 0 Å². The summed E-state index contributed by atoms with van der Waals surface area (Å²) in [5, 5.41) is 0. The third kappa shape index (κ3) is 4.83. The lowest BCUT2D eigenvalue weighted by Crippen LogP contribution is -2.19. The van der Waals surface area contributed by atoms with E-state index in [1.54, 1.807) is 12.1 Å². The Labute approximate surface area is 136 Å². The second-order valence-corrected chi connectivity index (χ2v) is 6.20. The van der Waals surface area contributed by atoms with Crippen LogP contribution in [0, 0.1) is 11.7 Å². The van der Waals surface area contributed by atoms with Gasteiger partial charge in [-0.05, 0) is 67.2 Å². The molecule has 1 aliphatic rings. The summed E-state index contributed by atoms with van der Waals surface area (Å²) >= 11 is 0. The van der Waals surface area contributed by atoms with Crippen molar-refractivity contribution in [2.75, 3.05) is 0 Å². The summed E-state index contributed by atoms with van der Waals surface area (Å²) in [5.41, 5.74) is 4.98. The molecule has 0 bridgehead atoms. The lowest BCUT2D eigenvalue weighted by molar-refractivity contribution is 0.396. The minimum absolute atomic E-state index is 0.119. The molecule has 0 radical (unpaired) electrons. The molecule has 0 spiro atoms. The fourth-order valence-electron chi connectivity index (χ4n) is 3.20. The predicted molar refractivity (Wildman–Crippen MR) is 95.8 cm³/mol. The monoisotopic (exact) mass is 302 g/mol. The molecule has 0 aliphatic heterocycles. The molecule has 1 heteroatoms. The summed E-state index contributed by atoms with van der Waals surface area (Å²) in [4.78, 5) is 0. The zero-order valence-electron chi connectivity index (χ0n) is 14.7. The van der Waals surface area contributed by atoms with Gasteiger partial charge in [0.1, 0.15) is 5.82 Å². The van der Waals surface area contributed by atoms with Crippen LogP contribution in [0.15, 0.2) is 42.5 Å². The first-order chi connectivity index (χ1) is 10.5. The number of hydrogen-bond acceptors (Lipinski definition) is 0. The van der Waals surface area contributed by atoms with Crippen LogP contribution in [-0.4, -0.2) is 0 Å². The van der Waals surface area contributed by atoms with E-state index in [1.807, 2.05) is 19.9 Å². The minimum atomic E-state index is -0.119. The van der Waals surface area contributed by atoms with Crippen LogP contribution in [0.1, 0.15) is 70.4 Å². The molecule has 0 fully saturated rings. The van der Waals surface area contributed by atoms with Gasteiger partial charge in [-0.1, -0.05) is 58.1 Å². The second-order valence-electron chi connectivity index (χ2n) is 6.20. The zero-order chi connectivity index (χ0) is 16.7. The van der Waals surface area contributed by atoms with Crippen molar-refractivity contribution in [2.24, 2.45) is 5.92 Å². The Kier molecular flexibility index (Phi) is 7.58. The molecule has 0 N–H and O–H groups in total. The van der Waals surface area contributed by atoms with Gasteiger partial charge >= 0.3 is 0 Å². The number of hydrogen-bond donors (Lipinski definition) is 0. The fraction of sp³-hybridized carbons (Fsp3) is 0.524. The minimum Gasteiger partial charge on any atom is -0.207 e. The van der Waals surface area contributed by atoms with Crippen molar-refractivity contribution in [1.82, 2.24) is 0 Å². The van der Waals surface area contributed by atoms with Gasteiger partial charge in [0.2, 0.25) is 0 Å². The number of fused-ring (bicyclic) bond motifs is 1. The van der Waals surface area contributed by atoms with Crippen molar-refractivity contribution in [3.05, 3.63) is 59.4 Å². The van der Waals surface area contributed by atoms with Gasteiger partial charge < -0.3 is 0 Å². The Bertz CT molecular complexity index is 513. The van der Waals surface area contributed by atoms with Gasteiger partial charge in [-0.3, -0.25) is 0 Å². The first kappa shape index (κ1) is 18.7. The summed E-state index contributed by atoms with van der Waals surface area (Å²) < 4.78 is 13.6. The Balaban J connectivity index is 0.00000116. The topological polar surface area (TPSA) is 0 Å². The van der Waals surface area contributed by atoms with E-state index in [9.17, 15) is 4.39 Å². The van der Waals surface area contributed by atoms with Gasteiger partial charge in [0, 0.05) is 0 Å². The summed E-state index contributed by atoms with van der Waals surface area (Å²) in [5.74, 6) is 0.883. The quantitative estimate of drug-likeness (QED) is 0.523. The SMILES string of the molecule is C=C(CC)CC(=C)CC1c2cc(F)ccc2CCC1C.CC. The molecule has 0 amide bonds. The molecular formula is C21H31F. The average Bonchev–Trinajstić information content (AvgIpc) is 2.52. The molecule has 22 heavy (non-hydrogen) atoms. The summed E-state index contributed by atoms with van der Waals surface area (Å²) in [7, 11) is 0. The molecule has 0 heterocycles. The maximum Gasteiger partial charge on any atom is 0.123 e. The van der Waals surface area contributed by atoms with Gasteiger partial charge in [-0.15, -0.1) is 0 Å². The zero-order valence-corrected chi connectivity index (χ0v) is 14.7. The molecule has 122 valence electrons.